The fourth-order valence-corrected chi connectivity index (χ4v) is 3.36. The van der Waals surface area contributed by atoms with Gasteiger partial charge in [-0.1, -0.05) is 29.8 Å². The van der Waals surface area contributed by atoms with Crippen LogP contribution in [-0.4, -0.2) is 40.3 Å². The van der Waals surface area contributed by atoms with E-state index in [4.69, 9.17) is 9.84 Å². The number of nitrogens with zero attached hydrogens (tertiary/aromatic N) is 1. The molecule has 0 aromatic heterocycles. The Morgan fingerprint density at radius 3 is 2.63 bits per heavy atom. The second kappa shape index (κ2) is 8.09. The van der Waals surface area contributed by atoms with E-state index in [1.807, 2.05) is 31.2 Å². The van der Waals surface area contributed by atoms with Crippen molar-refractivity contribution in [2.24, 2.45) is 0 Å². The quantitative estimate of drug-likeness (QED) is 0.764. The summed E-state index contributed by atoms with van der Waals surface area (Å²) in [6.07, 6.45) is 1.53. The molecule has 0 radical (unpaired) electrons. The number of benzene rings is 2. The molecule has 0 spiro atoms. The van der Waals surface area contributed by atoms with Crippen molar-refractivity contribution in [2.45, 2.75) is 6.92 Å². The number of amides is 2. The lowest BCUT2D eigenvalue weighted by Crippen LogP contribution is -2.32. The SMILES string of the molecule is Cc1ccc(OCCN2C(=O)S/C(=C\c3cccc(C(=O)O)c3)C2=O)cc1. The lowest BCUT2D eigenvalue weighted by molar-refractivity contribution is -0.123. The summed E-state index contributed by atoms with van der Waals surface area (Å²) >= 11 is 0.835. The van der Waals surface area contributed by atoms with E-state index in [1.54, 1.807) is 12.1 Å². The number of rotatable bonds is 6. The highest BCUT2D eigenvalue weighted by atomic mass is 32.2. The first-order valence-electron chi connectivity index (χ1n) is 8.22. The summed E-state index contributed by atoms with van der Waals surface area (Å²) < 4.78 is 5.58. The third-order valence-electron chi connectivity index (χ3n) is 3.91. The van der Waals surface area contributed by atoms with Crippen molar-refractivity contribution in [2.75, 3.05) is 13.2 Å². The number of ether oxygens (including phenoxy) is 1. The van der Waals surface area contributed by atoms with Gasteiger partial charge in [0.2, 0.25) is 0 Å². The highest BCUT2D eigenvalue weighted by Gasteiger charge is 2.34. The molecule has 0 unspecified atom stereocenters. The summed E-state index contributed by atoms with van der Waals surface area (Å²) in [5, 5.41) is 8.68. The van der Waals surface area contributed by atoms with Gasteiger partial charge in [0.05, 0.1) is 17.0 Å². The monoisotopic (exact) mass is 383 g/mol. The Morgan fingerprint density at radius 1 is 1.19 bits per heavy atom. The van der Waals surface area contributed by atoms with E-state index < -0.39 is 11.9 Å². The molecule has 2 aromatic carbocycles. The Kier molecular flexibility index (Phi) is 5.61. The maximum absolute atomic E-state index is 12.5. The Morgan fingerprint density at radius 2 is 1.93 bits per heavy atom. The van der Waals surface area contributed by atoms with Gasteiger partial charge in [-0.2, -0.15) is 0 Å². The van der Waals surface area contributed by atoms with Crippen LogP contribution in [0.2, 0.25) is 0 Å². The number of carboxylic acid groups (broad SMARTS) is 1. The second-order valence-corrected chi connectivity index (χ2v) is 6.92. The van der Waals surface area contributed by atoms with Crippen molar-refractivity contribution < 1.29 is 24.2 Å². The molecule has 0 saturated carbocycles. The lowest BCUT2D eigenvalue weighted by Gasteiger charge is -2.13. The highest BCUT2D eigenvalue weighted by Crippen LogP contribution is 2.32. The summed E-state index contributed by atoms with van der Waals surface area (Å²) in [4.78, 5) is 37.0. The van der Waals surface area contributed by atoms with E-state index in [2.05, 4.69) is 0 Å². The van der Waals surface area contributed by atoms with Crippen molar-refractivity contribution in [3.05, 3.63) is 70.1 Å². The summed E-state index contributed by atoms with van der Waals surface area (Å²) in [6, 6.07) is 13.7. The van der Waals surface area contributed by atoms with Gasteiger partial charge in [-0.25, -0.2) is 4.79 Å². The van der Waals surface area contributed by atoms with Crippen LogP contribution in [0.15, 0.2) is 53.4 Å². The largest absolute Gasteiger partial charge is 0.492 e. The maximum atomic E-state index is 12.5. The minimum Gasteiger partial charge on any atom is -0.492 e. The normalized spacial score (nSPS) is 15.4. The molecule has 138 valence electrons. The Balaban J connectivity index is 1.65. The summed E-state index contributed by atoms with van der Waals surface area (Å²) in [5.41, 5.74) is 1.79. The Labute approximate surface area is 160 Å². The van der Waals surface area contributed by atoms with Crippen LogP contribution in [0.1, 0.15) is 21.5 Å². The molecule has 0 aliphatic carbocycles. The molecule has 2 aromatic rings. The number of thioether (sulfide) groups is 1. The number of hydrogen-bond acceptors (Lipinski definition) is 5. The first-order chi connectivity index (χ1) is 12.9. The average Bonchev–Trinajstić information content (AvgIpc) is 2.91. The van der Waals surface area contributed by atoms with E-state index in [-0.39, 0.29) is 28.9 Å². The van der Waals surface area contributed by atoms with E-state index in [0.717, 1.165) is 22.2 Å². The molecule has 1 N–H and O–H groups in total. The minimum absolute atomic E-state index is 0.120. The number of carboxylic acids is 1. The van der Waals surface area contributed by atoms with Gasteiger partial charge < -0.3 is 9.84 Å². The third kappa shape index (κ3) is 4.57. The maximum Gasteiger partial charge on any atom is 0.335 e. The molecule has 3 rings (SSSR count). The fraction of sp³-hybridized carbons (Fsp3) is 0.150. The molecule has 1 fully saturated rings. The predicted octanol–water partition coefficient (Wildman–Crippen LogP) is 3.81. The summed E-state index contributed by atoms with van der Waals surface area (Å²) in [5.74, 6) is -0.779. The van der Waals surface area contributed by atoms with Gasteiger partial charge in [0.15, 0.2) is 0 Å². The molecule has 2 amide bonds. The topological polar surface area (TPSA) is 83.9 Å². The zero-order chi connectivity index (χ0) is 19.4. The molecule has 6 nitrogen and oxygen atoms in total. The number of aromatic carboxylic acids is 1. The molecule has 27 heavy (non-hydrogen) atoms. The standard InChI is InChI=1S/C20H17NO5S/c1-13-5-7-16(8-6-13)26-10-9-21-18(22)17(27-20(21)25)12-14-3-2-4-15(11-14)19(23)24/h2-8,11-12H,9-10H2,1H3,(H,23,24)/b17-12-. The molecule has 7 heteroatoms. The zero-order valence-corrected chi connectivity index (χ0v) is 15.4. The van der Waals surface area contributed by atoms with E-state index in [0.29, 0.717) is 11.3 Å². The van der Waals surface area contributed by atoms with Crippen molar-refractivity contribution in [1.29, 1.82) is 0 Å². The minimum atomic E-state index is -1.05. The zero-order valence-electron chi connectivity index (χ0n) is 14.5. The van der Waals surface area contributed by atoms with Crippen LogP contribution >= 0.6 is 11.8 Å². The Hall–Kier alpha value is -3.06. The predicted molar refractivity (Wildman–Crippen MR) is 103 cm³/mol. The summed E-state index contributed by atoms with van der Waals surface area (Å²) in [7, 11) is 0. The van der Waals surface area contributed by atoms with Gasteiger partial charge in [-0.05, 0) is 54.6 Å². The number of aryl methyl sites for hydroxylation is 1. The molecule has 0 atom stereocenters. The van der Waals surface area contributed by atoms with Gasteiger partial charge in [-0.15, -0.1) is 0 Å². The van der Waals surface area contributed by atoms with E-state index >= 15 is 0 Å². The fourth-order valence-electron chi connectivity index (χ4n) is 2.49. The van der Waals surface area contributed by atoms with Gasteiger partial charge in [0, 0.05) is 0 Å². The van der Waals surface area contributed by atoms with Crippen LogP contribution < -0.4 is 4.74 Å². The van der Waals surface area contributed by atoms with Crippen LogP contribution in [0.25, 0.3) is 6.08 Å². The number of carbonyl (C=O) groups is 3. The number of hydrogen-bond donors (Lipinski definition) is 1. The van der Waals surface area contributed by atoms with Crippen LogP contribution in [-0.2, 0) is 4.79 Å². The third-order valence-corrected chi connectivity index (χ3v) is 4.82. The smallest absolute Gasteiger partial charge is 0.335 e. The van der Waals surface area contributed by atoms with Gasteiger partial charge in [0.1, 0.15) is 12.4 Å². The molecule has 1 aliphatic rings. The molecular formula is C20H17NO5S. The van der Waals surface area contributed by atoms with Gasteiger partial charge in [0.25, 0.3) is 11.1 Å². The molecule has 0 bridgehead atoms. The van der Waals surface area contributed by atoms with Crippen molar-refractivity contribution >= 4 is 35.0 Å². The second-order valence-electron chi connectivity index (χ2n) is 5.93. The van der Waals surface area contributed by atoms with E-state index in [1.165, 1.54) is 18.2 Å². The van der Waals surface area contributed by atoms with Gasteiger partial charge >= 0.3 is 5.97 Å². The first kappa shape index (κ1) is 18.7. The van der Waals surface area contributed by atoms with Crippen molar-refractivity contribution in [3.63, 3.8) is 0 Å². The van der Waals surface area contributed by atoms with Crippen LogP contribution in [0.4, 0.5) is 4.79 Å². The molecule has 1 heterocycles. The summed E-state index contributed by atoms with van der Waals surface area (Å²) in [6.45, 7) is 2.32. The van der Waals surface area contributed by atoms with E-state index in [9.17, 15) is 14.4 Å². The average molecular weight is 383 g/mol. The number of carbonyl (C=O) groups excluding carboxylic acids is 2. The number of imide groups is 1. The highest BCUT2D eigenvalue weighted by molar-refractivity contribution is 8.18. The van der Waals surface area contributed by atoms with Crippen LogP contribution in [0.3, 0.4) is 0 Å². The van der Waals surface area contributed by atoms with Crippen molar-refractivity contribution in [1.82, 2.24) is 4.90 Å². The van der Waals surface area contributed by atoms with Crippen LogP contribution in [0, 0.1) is 6.92 Å². The lowest BCUT2D eigenvalue weighted by atomic mass is 10.1. The van der Waals surface area contributed by atoms with Gasteiger partial charge in [-0.3, -0.25) is 14.5 Å². The Bertz CT molecular complexity index is 920. The van der Waals surface area contributed by atoms with Crippen molar-refractivity contribution in [3.8, 4) is 5.75 Å². The molecule has 1 aliphatic heterocycles. The molecule has 1 saturated heterocycles. The first-order valence-corrected chi connectivity index (χ1v) is 9.04. The van der Waals surface area contributed by atoms with Crippen LogP contribution in [0.5, 0.6) is 5.75 Å². The molecular weight excluding hydrogens is 366 g/mol.